The molecule has 2 aromatic heterocycles. The van der Waals surface area contributed by atoms with Crippen LogP contribution in [-0.2, 0) is 20.1 Å². The van der Waals surface area contributed by atoms with Gasteiger partial charge in [-0.05, 0) is 24.6 Å². The molecule has 0 amide bonds. The fourth-order valence-electron chi connectivity index (χ4n) is 1.73. The summed E-state index contributed by atoms with van der Waals surface area (Å²) in [5.74, 6) is 0.966. The molecule has 0 unspecified atom stereocenters. The van der Waals surface area contributed by atoms with E-state index in [1.807, 2.05) is 7.05 Å². The van der Waals surface area contributed by atoms with Crippen molar-refractivity contribution >= 4 is 0 Å². The van der Waals surface area contributed by atoms with Crippen LogP contribution in [0.25, 0.3) is 0 Å². The van der Waals surface area contributed by atoms with Crippen LogP contribution in [0.1, 0.15) is 24.7 Å². The highest BCUT2D eigenvalue weighted by molar-refractivity contribution is 5.10. The van der Waals surface area contributed by atoms with Crippen molar-refractivity contribution in [1.29, 1.82) is 0 Å². The van der Waals surface area contributed by atoms with Crippen molar-refractivity contribution in [2.75, 3.05) is 6.54 Å². The normalized spacial score (nSPS) is 10.9. The fourth-order valence-corrected chi connectivity index (χ4v) is 1.73. The molecule has 0 aliphatic carbocycles. The van der Waals surface area contributed by atoms with Gasteiger partial charge in [-0.15, -0.1) is 0 Å². The lowest BCUT2D eigenvalue weighted by molar-refractivity contribution is 0.649. The molecule has 0 radical (unpaired) electrons. The van der Waals surface area contributed by atoms with Crippen LogP contribution in [0, 0.1) is 0 Å². The van der Waals surface area contributed by atoms with Gasteiger partial charge >= 0.3 is 0 Å². The molecular formula is C12H19N5. The van der Waals surface area contributed by atoms with Crippen LogP contribution in [0.15, 0.2) is 24.8 Å². The Morgan fingerprint density at radius 1 is 1.41 bits per heavy atom. The van der Waals surface area contributed by atoms with Crippen molar-refractivity contribution in [2.45, 2.75) is 26.4 Å². The third kappa shape index (κ3) is 3.17. The maximum absolute atomic E-state index is 4.21. The Balaban J connectivity index is 1.92. The summed E-state index contributed by atoms with van der Waals surface area (Å²) in [6.07, 6.45) is 6.98. The summed E-state index contributed by atoms with van der Waals surface area (Å²) in [6.45, 7) is 4.94. The monoisotopic (exact) mass is 233 g/mol. The fraction of sp³-hybridized carbons (Fsp3) is 0.500. The lowest BCUT2D eigenvalue weighted by atomic mass is 10.3. The molecule has 5 heteroatoms. The van der Waals surface area contributed by atoms with Gasteiger partial charge in [0.2, 0.25) is 0 Å². The van der Waals surface area contributed by atoms with E-state index in [4.69, 9.17) is 0 Å². The standard InChI is InChI=1S/C12H19N5/c1-3-5-13-7-11-4-6-17(8-11)9-12-14-10-15-16(12)2/h4,6,8,10,13H,3,5,7,9H2,1-2H3. The summed E-state index contributed by atoms with van der Waals surface area (Å²) >= 11 is 0. The van der Waals surface area contributed by atoms with Gasteiger partial charge in [-0.2, -0.15) is 5.10 Å². The van der Waals surface area contributed by atoms with Gasteiger partial charge in [-0.3, -0.25) is 4.68 Å². The Morgan fingerprint density at radius 3 is 3.00 bits per heavy atom. The Kier molecular flexibility index (Phi) is 3.93. The van der Waals surface area contributed by atoms with Crippen LogP contribution < -0.4 is 5.32 Å². The van der Waals surface area contributed by atoms with Crippen LogP contribution in [0.3, 0.4) is 0 Å². The van der Waals surface area contributed by atoms with Crippen LogP contribution in [-0.4, -0.2) is 25.9 Å². The molecule has 0 saturated carbocycles. The van der Waals surface area contributed by atoms with E-state index in [0.29, 0.717) is 0 Å². The number of aryl methyl sites for hydroxylation is 1. The second kappa shape index (κ2) is 5.63. The number of hydrogen-bond donors (Lipinski definition) is 1. The first-order chi connectivity index (χ1) is 8.29. The summed E-state index contributed by atoms with van der Waals surface area (Å²) in [7, 11) is 1.91. The summed E-state index contributed by atoms with van der Waals surface area (Å²) in [4.78, 5) is 4.21. The molecule has 0 aliphatic heterocycles. The van der Waals surface area contributed by atoms with Gasteiger partial charge in [0.1, 0.15) is 12.2 Å². The molecule has 2 aromatic rings. The third-order valence-electron chi connectivity index (χ3n) is 2.70. The first-order valence-electron chi connectivity index (χ1n) is 5.98. The largest absolute Gasteiger partial charge is 0.346 e. The van der Waals surface area contributed by atoms with E-state index < -0.39 is 0 Å². The van der Waals surface area contributed by atoms with Crippen molar-refractivity contribution in [1.82, 2.24) is 24.6 Å². The van der Waals surface area contributed by atoms with E-state index >= 15 is 0 Å². The minimum absolute atomic E-state index is 0.768. The zero-order valence-electron chi connectivity index (χ0n) is 10.4. The molecule has 0 aromatic carbocycles. The highest BCUT2D eigenvalue weighted by Gasteiger charge is 2.02. The minimum Gasteiger partial charge on any atom is -0.346 e. The second-order valence-corrected chi connectivity index (χ2v) is 4.17. The number of nitrogens with zero attached hydrogens (tertiary/aromatic N) is 4. The number of rotatable bonds is 6. The predicted octanol–water partition coefficient (Wildman–Crippen LogP) is 1.16. The molecule has 0 spiro atoms. The number of nitrogens with one attached hydrogen (secondary N) is 1. The van der Waals surface area contributed by atoms with Crippen molar-refractivity contribution < 1.29 is 0 Å². The average molecular weight is 233 g/mol. The maximum Gasteiger partial charge on any atom is 0.146 e. The van der Waals surface area contributed by atoms with Crippen molar-refractivity contribution in [3.63, 3.8) is 0 Å². The molecule has 0 fully saturated rings. The van der Waals surface area contributed by atoms with E-state index in [1.54, 1.807) is 11.0 Å². The molecule has 5 nitrogen and oxygen atoms in total. The molecule has 0 aliphatic rings. The number of aromatic nitrogens is 4. The lowest BCUT2D eigenvalue weighted by Gasteiger charge is -2.02. The van der Waals surface area contributed by atoms with Gasteiger partial charge in [0, 0.05) is 26.0 Å². The van der Waals surface area contributed by atoms with Crippen LogP contribution in [0.4, 0.5) is 0 Å². The Bertz CT molecular complexity index is 457. The molecule has 0 bridgehead atoms. The topological polar surface area (TPSA) is 47.7 Å². The molecule has 0 saturated heterocycles. The van der Waals surface area contributed by atoms with Gasteiger partial charge in [-0.1, -0.05) is 6.92 Å². The summed E-state index contributed by atoms with van der Waals surface area (Å²) in [5, 5.41) is 7.45. The first-order valence-corrected chi connectivity index (χ1v) is 5.98. The smallest absolute Gasteiger partial charge is 0.146 e. The predicted molar refractivity (Wildman–Crippen MR) is 66.5 cm³/mol. The van der Waals surface area contributed by atoms with Crippen LogP contribution in [0.2, 0.25) is 0 Å². The van der Waals surface area contributed by atoms with E-state index in [0.717, 1.165) is 25.5 Å². The highest BCUT2D eigenvalue weighted by atomic mass is 15.3. The SMILES string of the molecule is CCCNCc1ccn(Cc2ncnn2C)c1. The summed E-state index contributed by atoms with van der Waals surface area (Å²) in [6, 6.07) is 2.14. The Morgan fingerprint density at radius 2 is 2.29 bits per heavy atom. The van der Waals surface area contributed by atoms with Crippen molar-refractivity contribution in [3.05, 3.63) is 36.2 Å². The van der Waals surface area contributed by atoms with Gasteiger partial charge in [0.25, 0.3) is 0 Å². The quantitative estimate of drug-likeness (QED) is 0.762. The molecular weight excluding hydrogens is 214 g/mol. The molecule has 1 N–H and O–H groups in total. The maximum atomic E-state index is 4.21. The highest BCUT2D eigenvalue weighted by Crippen LogP contribution is 2.03. The Hall–Kier alpha value is -1.62. The molecule has 17 heavy (non-hydrogen) atoms. The first kappa shape index (κ1) is 11.9. The van der Waals surface area contributed by atoms with Crippen molar-refractivity contribution in [2.24, 2.45) is 7.05 Å². The van der Waals surface area contributed by atoms with Crippen molar-refractivity contribution in [3.8, 4) is 0 Å². The molecule has 2 rings (SSSR count). The summed E-state index contributed by atoms with van der Waals surface area (Å²) in [5.41, 5.74) is 1.31. The zero-order valence-corrected chi connectivity index (χ0v) is 10.4. The van der Waals surface area contributed by atoms with Crippen LogP contribution >= 0.6 is 0 Å². The third-order valence-corrected chi connectivity index (χ3v) is 2.70. The van der Waals surface area contributed by atoms with E-state index in [2.05, 4.69) is 45.4 Å². The van der Waals surface area contributed by atoms with Gasteiger partial charge < -0.3 is 9.88 Å². The van der Waals surface area contributed by atoms with Gasteiger partial charge in [0.15, 0.2) is 0 Å². The van der Waals surface area contributed by atoms with E-state index in [-0.39, 0.29) is 0 Å². The van der Waals surface area contributed by atoms with Gasteiger partial charge in [0.05, 0.1) is 6.54 Å². The molecule has 92 valence electrons. The van der Waals surface area contributed by atoms with E-state index in [9.17, 15) is 0 Å². The average Bonchev–Trinajstić information content (AvgIpc) is 2.91. The Labute approximate surface area is 101 Å². The lowest BCUT2D eigenvalue weighted by Crippen LogP contribution is -2.13. The van der Waals surface area contributed by atoms with Crippen LogP contribution in [0.5, 0.6) is 0 Å². The second-order valence-electron chi connectivity index (χ2n) is 4.17. The van der Waals surface area contributed by atoms with E-state index in [1.165, 1.54) is 12.0 Å². The molecule has 2 heterocycles. The van der Waals surface area contributed by atoms with Gasteiger partial charge in [-0.25, -0.2) is 4.98 Å². The zero-order chi connectivity index (χ0) is 12.1. The minimum atomic E-state index is 0.768. The molecule has 0 atom stereocenters. The summed E-state index contributed by atoms with van der Waals surface area (Å²) < 4.78 is 3.93. The number of hydrogen-bond acceptors (Lipinski definition) is 3.